The molecular formula is C22H18F3N3O. The maximum Gasteiger partial charge on any atom is 0.416 e. The zero-order chi connectivity index (χ0) is 20.4. The van der Waals surface area contributed by atoms with Crippen LogP contribution in [0.4, 0.5) is 24.5 Å². The topological polar surface area (TPSA) is 45.2 Å². The Hall–Kier alpha value is -3.35. The highest BCUT2D eigenvalue weighted by molar-refractivity contribution is 5.92. The molecule has 148 valence electrons. The van der Waals surface area contributed by atoms with E-state index in [-0.39, 0.29) is 5.91 Å². The molecule has 2 aromatic carbocycles. The fraction of sp³-hybridized carbons (Fsp3) is 0.182. The first-order valence-corrected chi connectivity index (χ1v) is 9.16. The van der Waals surface area contributed by atoms with E-state index in [0.717, 1.165) is 24.1 Å². The number of rotatable bonds is 3. The molecule has 1 aromatic heterocycles. The summed E-state index contributed by atoms with van der Waals surface area (Å²) in [5.74, 6) is -0.162. The van der Waals surface area contributed by atoms with Gasteiger partial charge in [0.1, 0.15) is 5.69 Å². The van der Waals surface area contributed by atoms with Crippen LogP contribution in [0.15, 0.2) is 66.9 Å². The molecule has 0 bridgehead atoms. The zero-order valence-electron chi connectivity index (χ0n) is 15.4. The summed E-state index contributed by atoms with van der Waals surface area (Å²) in [6.45, 7) is 1.17. The second-order valence-electron chi connectivity index (χ2n) is 6.88. The van der Waals surface area contributed by atoms with Crippen LogP contribution in [-0.4, -0.2) is 22.3 Å². The van der Waals surface area contributed by atoms with Crippen molar-refractivity contribution >= 4 is 17.3 Å². The molecule has 0 radical (unpaired) electrons. The van der Waals surface area contributed by atoms with Crippen LogP contribution in [0.2, 0.25) is 0 Å². The number of amides is 1. The van der Waals surface area contributed by atoms with Gasteiger partial charge < -0.3 is 10.2 Å². The van der Waals surface area contributed by atoms with E-state index >= 15 is 0 Å². The number of alkyl halides is 3. The van der Waals surface area contributed by atoms with E-state index in [4.69, 9.17) is 0 Å². The lowest BCUT2D eigenvalue weighted by Crippen LogP contribution is -2.36. The van der Waals surface area contributed by atoms with E-state index in [1.54, 1.807) is 23.1 Å². The third-order valence-corrected chi connectivity index (χ3v) is 4.88. The molecule has 4 rings (SSSR count). The molecule has 0 aliphatic carbocycles. The van der Waals surface area contributed by atoms with Gasteiger partial charge in [-0.1, -0.05) is 30.3 Å². The number of aromatic nitrogens is 1. The Morgan fingerprint density at radius 1 is 0.966 bits per heavy atom. The molecule has 1 aliphatic heterocycles. The first kappa shape index (κ1) is 19.0. The highest BCUT2D eigenvalue weighted by Crippen LogP contribution is 2.31. The summed E-state index contributed by atoms with van der Waals surface area (Å²) < 4.78 is 38.5. The van der Waals surface area contributed by atoms with Crippen molar-refractivity contribution in [1.82, 2.24) is 9.88 Å². The maximum atomic E-state index is 12.8. The van der Waals surface area contributed by atoms with Crippen molar-refractivity contribution < 1.29 is 18.0 Å². The molecule has 0 fully saturated rings. The predicted octanol–water partition coefficient (Wildman–Crippen LogP) is 5.04. The van der Waals surface area contributed by atoms with Gasteiger partial charge in [-0.3, -0.25) is 4.79 Å². The Labute approximate surface area is 166 Å². The van der Waals surface area contributed by atoms with Gasteiger partial charge in [0.15, 0.2) is 0 Å². The number of anilines is 2. The van der Waals surface area contributed by atoms with Crippen LogP contribution < -0.4 is 5.32 Å². The summed E-state index contributed by atoms with van der Waals surface area (Å²) in [6, 6.07) is 16.2. The lowest BCUT2D eigenvalue weighted by molar-refractivity contribution is -0.137. The molecule has 0 saturated heterocycles. The molecule has 1 aliphatic rings. The van der Waals surface area contributed by atoms with Gasteiger partial charge in [0.25, 0.3) is 5.91 Å². The van der Waals surface area contributed by atoms with Gasteiger partial charge in [-0.2, -0.15) is 13.2 Å². The van der Waals surface area contributed by atoms with E-state index in [1.165, 1.54) is 17.8 Å². The summed E-state index contributed by atoms with van der Waals surface area (Å²) in [6.07, 6.45) is -2.15. The van der Waals surface area contributed by atoms with Crippen molar-refractivity contribution in [3.63, 3.8) is 0 Å². The van der Waals surface area contributed by atoms with E-state index < -0.39 is 11.7 Å². The van der Waals surface area contributed by atoms with Crippen molar-refractivity contribution in [1.29, 1.82) is 0 Å². The molecule has 0 spiro atoms. The molecule has 1 N–H and O–H groups in total. The maximum absolute atomic E-state index is 12.8. The molecule has 7 heteroatoms. The second kappa shape index (κ2) is 7.58. The van der Waals surface area contributed by atoms with Crippen molar-refractivity contribution in [3.8, 4) is 0 Å². The zero-order valence-corrected chi connectivity index (χ0v) is 15.4. The minimum atomic E-state index is -4.40. The predicted molar refractivity (Wildman–Crippen MR) is 104 cm³/mol. The molecule has 1 amide bonds. The van der Waals surface area contributed by atoms with Crippen LogP contribution >= 0.6 is 0 Å². The summed E-state index contributed by atoms with van der Waals surface area (Å²) in [5.41, 5.74) is 2.77. The summed E-state index contributed by atoms with van der Waals surface area (Å²) >= 11 is 0. The van der Waals surface area contributed by atoms with Gasteiger partial charge in [-0.05, 0) is 47.9 Å². The standard InChI is InChI=1S/C22H18F3N3O/c23-22(24,25)17-6-3-7-18(12-17)27-19-8-9-20(26-13-19)21(29)28-11-10-15-4-1-2-5-16(15)14-28/h1-9,12-13,27H,10-11,14H2. The van der Waals surface area contributed by atoms with E-state index in [1.807, 2.05) is 18.2 Å². The Morgan fingerprint density at radius 3 is 2.48 bits per heavy atom. The minimum Gasteiger partial charge on any atom is -0.354 e. The Kier molecular flexibility index (Phi) is 4.96. The largest absolute Gasteiger partial charge is 0.416 e. The van der Waals surface area contributed by atoms with Gasteiger partial charge in [0.05, 0.1) is 17.4 Å². The van der Waals surface area contributed by atoms with Gasteiger partial charge in [-0.25, -0.2) is 4.98 Å². The van der Waals surface area contributed by atoms with E-state index in [2.05, 4.69) is 16.4 Å². The first-order chi connectivity index (χ1) is 13.9. The summed E-state index contributed by atoms with van der Waals surface area (Å²) in [5, 5.41) is 2.89. The fourth-order valence-electron chi connectivity index (χ4n) is 3.37. The average molecular weight is 397 g/mol. The van der Waals surface area contributed by atoms with E-state index in [0.29, 0.717) is 30.2 Å². The van der Waals surface area contributed by atoms with Gasteiger partial charge in [-0.15, -0.1) is 0 Å². The first-order valence-electron chi connectivity index (χ1n) is 9.16. The number of hydrogen-bond donors (Lipinski definition) is 1. The Bertz CT molecular complexity index is 1030. The number of hydrogen-bond acceptors (Lipinski definition) is 3. The Morgan fingerprint density at radius 2 is 1.76 bits per heavy atom. The smallest absolute Gasteiger partial charge is 0.354 e. The van der Waals surface area contributed by atoms with Crippen LogP contribution in [0.3, 0.4) is 0 Å². The molecule has 3 aromatic rings. The molecular weight excluding hydrogens is 379 g/mol. The van der Waals surface area contributed by atoms with E-state index in [9.17, 15) is 18.0 Å². The molecule has 0 atom stereocenters. The van der Waals surface area contributed by atoms with Gasteiger partial charge in [0, 0.05) is 18.8 Å². The van der Waals surface area contributed by atoms with Crippen LogP contribution in [0.25, 0.3) is 0 Å². The van der Waals surface area contributed by atoms with Crippen LogP contribution in [0, 0.1) is 0 Å². The molecule has 0 saturated carbocycles. The highest BCUT2D eigenvalue weighted by atomic mass is 19.4. The lowest BCUT2D eigenvalue weighted by Gasteiger charge is -2.28. The number of benzene rings is 2. The average Bonchev–Trinajstić information content (AvgIpc) is 2.73. The van der Waals surface area contributed by atoms with Crippen LogP contribution in [0.5, 0.6) is 0 Å². The third kappa shape index (κ3) is 4.23. The van der Waals surface area contributed by atoms with Crippen LogP contribution in [0.1, 0.15) is 27.2 Å². The molecule has 4 nitrogen and oxygen atoms in total. The Balaban J connectivity index is 1.45. The quantitative estimate of drug-likeness (QED) is 0.673. The monoisotopic (exact) mass is 397 g/mol. The molecule has 2 heterocycles. The molecule has 0 unspecified atom stereocenters. The number of nitrogens with one attached hydrogen (secondary N) is 1. The number of fused-ring (bicyclic) bond motifs is 1. The second-order valence-corrected chi connectivity index (χ2v) is 6.88. The fourth-order valence-corrected chi connectivity index (χ4v) is 3.37. The number of nitrogens with zero attached hydrogens (tertiary/aromatic N) is 2. The normalized spacial score (nSPS) is 13.7. The summed E-state index contributed by atoms with van der Waals surface area (Å²) in [4.78, 5) is 18.7. The van der Waals surface area contributed by atoms with Crippen molar-refractivity contribution in [2.75, 3.05) is 11.9 Å². The number of pyridine rings is 1. The number of carbonyl (C=O) groups is 1. The SMILES string of the molecule is O=C(c1ccc(Nc2cccc(C(F)(F)F)c2)cn1)N1CCc2ccccc2C1. The third-order valence-electron chi connectivity index (χ3n) is 4.88. The van der Waals surface area contributed by atoms with Crippen LogP contribution in [-0.2, 0) is 19.1 Å². The highest BCUT2D eigenvalue weighted by Gasteiger charge is 2.30. The minimum absolute atomic E-state index is 0.162. The van der Waals surface area contributed by atoms with Crippen molar-refractivity contribution in [3.05, 3.63) is 89.2 Å². The van der Waals surface area contributed by atoms with Crippen molar-refractivity contribution in [2.45, 2.75) is 19.1 Å². The molecule has 29 heavy (non-hydrogen) atoms. The number of halogens is 3. The summed E-state index contributed by atoms with van der Waals surface area (Å²) in [7, 11) is 0. The van der Waals surface area contributed by atoms with Gasteiger partial charge in [0.2, 0.25) is 0 Å². The van der Waals surface area contributed by atoms with Gasteiger partial charge >= 0.3 is 6.18 Å². The van der Waals surface area contributed by atoms with Crippen molar-refractivity contribution in [2.24, 2.45) is 0 Å². The lowest BCUT2D eigenvalue weighted by atomic mass is 10.00. The number of carbonyl (C=O) groups excluding carboxylic acids is 1.